The van der Waals surface area contributed by atoms with Crippen molar-refractivity contribution in [2.45, 2.75) is 26.9 Å². The molecular weight excluding hydrogens is 256 g/mol. The van der Waals surface area contributed by atoms with Gasteiger partial charge in [0.2, 0.25) is 0 Å². The molecule has 0 amide bonds. The standard InChI is InChI=1S/C19H20N2/c1-14-7-3-4-8-16(14)12-20-13-17-11-15(2)21-19-10-6-5-9-18(17)19/h3-11,20H,12-13H2,1-2H3. The number of fused-ring (bicyclic) bond motifs is 1. The monoisotopic (exact) mass is 276 g/mol. The molecule has 2 heteroatoms. The lowest BCUT2D eigenvalue weighted by molar-refractivity contribution is 0.693. The van der Waals surface area contributed by atoms with Crippen LogP contribution >= 0.6 is 0 Å². The molecule has 3 rings (SSSR count). The molecular formula is C19H20N2. The van der Waals surface area contributed by atoms with Crippen LogP contribution < -0.4 is 5.32 Å². The first kappa shape index (κ1) is 13.8. The smallest absolute Gasteiger partial charge is 0.0708 e. The SMILES string of the molecule is Cc1cc(CNCc2ccccc2C)c2ccccc2n1. The number of nitrogens with zero attached hydrogens (tertiary/aromatic N) is 1. The van der Waals surface area contributed by atoms with Gasteiger partial charge in [-0.2, -0.15) is 0 Å². The van der Waals surface area contributed by atoms with E-state index in [9.17, 15) is 0 Å². The Labute approximate surface area is 125 Å². The molecule has 0 fully saturated rings. The molecule has 0 spiro atoms. The summed E-state index contributed by atoms with van der Waals surface area (Å²) < 4.78 is 0. The average molecular weight is 276 g/mol. The van der Waals surface area contributed by atoms with Crippen LogP contribution in [0.2, 0.25) is 0 Å². The first-order valence-corrected chi connectivity index (χ1v) is 7.34. The lowest BCUT2D eigenvalue weighted by atomic mass is 10.1. The van der Waals surface area contributed by atoms with Gasteiger partial charge in [0, 0.05) is 24.2 Å². The molecule has 1 aromatic heterocycles. The average Bonchev–Trinajstić information content (AvgIpc) is 2.49. The van der Waals surface area contributed by atoms with Gasteiger partial charge in [-0.3, -0.25) is 4.98 Å². The molecule has 0 unspecified atom stereocenters. The number of benzene rings is 2. The molecule has 2 aromatic carbocycles. The Kier molecular flexibility index (Phi) is 3.98. The van der Waals surface area contributed by atoms with Crippen LogP contribution in [0.3, 0.4) is 0 Å². The molecule has 0 aliphatic rings. The minimum absolute atomic E-state index is 0.859. The third-order valence-electron chi connectivity index (χ3n) is 3.82. The molecule has 1 N–H and O–H groups in total. The summed E-state index contributed by atoms with van der Waals surface area (Å²) in [5.74, 6) is 0. The fraction of sp³-hybridized carbons (Fsp3) is 0.211. The summed E-state index contributed by atoms with van der Waals surface area (Å²) in [5.41, 5.74) is 6.15. The second-order valence-electron chi connectivity index (χ2n) is 5.47. The fourth-order valence-corrected chi connectivity index (χ4v) is 2.68. The second-order valence-corrected chi connectivity index (χ2v) is 5.47. The summed E-state index contributed by atoms with van der Waals surface area (Å²) in [7, 11) is 0. The van der Waals surface area contributed by atoms with Crippen LogP contribution in [-0.4, -0.2) is 4.98 Å². The van der Waals surface area contributed by atoms with Gasteiger partial charge in [-0.25, -0.2) is 0 Å². The zero-order chi connectivity index (χ0) is 14.7. The van der Waals surface area contributed by atoms with Crippen LogP contribution in [0.5, 0.6) is 0 Å². The lowest BCUT2D eigenvalue weighted by Gasteiger charge is -2.10. The third kappa shape index (κ3) is 3.11. The zero-order valence-electron chi connectivity index (χ0n) is 12.6. The predicted octanol–water partition coefficient (Wildman–Crippen LogP) is 4.14. The van der Waals surface area contributed by atoms with E-state index in [1.807, 2.05) is 6.07 Å². The molecule has 0 saturated heterocycles. The Balaban J connectivity index is 1.78. The van der Waals surface area contributed by atoms with Crippen molar-refractivity contribution in [3.05, 3.63) is 77.0 Å². The maximum Gasteiger partial charge on any atom is 0.0708 e. The van der Waals surface area contributed by atoms with Crippen LogP contribution in [0.1, 0.15) is 22.4 Å². The zero-order valence-corrected chi connectivity index (χ0v) is 12.6. The molecule has 2 nitrogen and oxygen atoms in total. The summed E-state index contributed by atoms with van der Waals surface area (Å²) in [6.45, 7) is 5.96. The number of rotatable bonds is 4. The highest BCUT2D eigenvalue weighted by atomic mass is 14.8. The van der Waals surface area contributed by atoms with E-state index < -0.39 is 0 Å². The van der Waals surface area contributed by atoms with Gasteiger partial charge in [0.15, 0.2) is 0 Å². The van der Waals surface area contributed by atoms with Crippen molar-refractivity contribution < 1.29 is 0 Å². The summed E-state index contributed by atoms with van der Waals surface area (Å²) >= 11 is 0. The maximum absolute atomic E-state index is 4.59. The van der Waals surface area contributed by atoms with Crippen molar-refractivity contribution in [1.29, 1.82) is 0 Å². The summed E-state index contributed by atoms with van der Waals surface area (Å²) in [6.07, 6.45) is 0. The number of hydrogen-bond donors (Lipinski definition) is 1. The number of aromatic nitrogens is 1. The highest BCUT2D eigenvalue weighted by Gasteiger charge is 2.04. The van der Waals surface area contributed by atoms with Crippen molar-refractivity contribution in [2.24, 2.45) is 0 Å². The van der Waals surface area contributed by atoms with Gasteiger partial charge in [0.25, 0.3) is 0 Å². The van der Waals surface area contributed by atoms with Gasteiger partial charge in [-0.05, 0) is 42.7 Å². The first-order chi connectivity index (χ1) is 10.2. The van der Waals surface area contributed by atoms with E-state index in [1.165, 1.54) is 22.1 Å². The second kappa shape index (κ2) is 6.06. The Bertz CT molecular complexity index is 762. The molecule has 0 saturated carbocycles. The number of hydrogen-bond acceptors (Lipinski definition) is 2. The van der Waals surface area contributed by atoms with Crippen LogP contribution in [-0.2, 0) is 13.1 Å². The van der Waals surface area contributed by atoms with Gasteiger partial charge in [0.1, 0.15) is 0 Å². The molecule has 0 aliphatic heterocycles. The maximum atomic E-state index is 4.59. The van der Waals surface area contributed by atoms with Crippen molar-refractivity contribution >= 4 is 10.9 Å². The van der Waals surface area contributed by atoms with Crippen molar-refractivity contribution in [3.63, 3.8) is 0 Å². The number of pyridine rings is 1. The van der Waals surface area contributed by atoms with Crippen molar-refractivity contribution in [2.75, 3.05) is 0 Å². The van der Waals surface area contributed by atoms with Gasteiger partial charge < -0.3 is 5.32 Å². The van der Waals surface area contributed by atoms with E-state index >= 15 is 0 Å². The summed E-state index contributed by atoms with van der Waals surface area (Å²) in [4.78, 5) is 4.59. The highest BCUT2D eigenvalue weighted by molar-refractivity contribution is 5.82. The molecule has 3 aromatic rings. The van der Waals surface area contributed by atoms with E-state index in [4.69, 9.17) is 0 Å². The normalized spacial score (nSPS) is 11.0. The van der Waals surface area contributed by atoms with Crippen LogP contribution in [0.4, 0.5) is 0 Å². The van der Waals surface area contributed by atoms with Gasteiger partial charge in [-0.1, -0.05) is 42.5 Å². The minimum Gasteiger partial charge on any atom is -0.309 e. The molecule has 0 aliphatic carbocycles. The molecule has 21 heavy (non-hydrogen) atoms. The van der Waals surface area contributed by atoms with Crippen LogP contribution in [0, 0.1) is 13.8 Å². The van der Waals surface area contributed by atoms with Crippen molar-refractivity contribution in [1.82, 2.24) is 10.3 Å². The van der Waals surface area contributed by atoms with E-state index in [2.05, 4.69) is 72.7 Å². The van der Waals surface area contributed by atoms with Gasteiger partial charge in [0.05, 0.1) is 5.52 Å². The van der Waals surface area contributed by atoms with Gasteiger partial charge in [-0.15, -0.1) is 0 Å². The quantitative estimate of drug-likeness (QED) is 0.774. The first-order valence-electron chi connectivity index (χ1n) is 7.34. The molecule has 0 radical (unpaired) electrons. The minimum atomic E-state index is 0.859. The Morgan fingerprint density at radius 1 is 0.857 bits per heavy atom. The van der Waals surface area contributed by atoms with Crippen LogP contribution in [0.25, 0.3) is 10.9 Å². The lowest BCUT2D eigenvalue weighted by Crippen LogP contribution is -2.14. The largest absolute Gasteiger partial charge is 0.309 e. The molecule has 0 atom stereocenters. The van der Waals surface area contributed by atoms with E-state index in [0.29, 0.717) is 0 Å². The highest BCUT2D eigenvalue weighted by Crippen LogP contribution is 2.18. The van der Waals surface area contributed by atoms with E-state index in [-0.39, 0.29) is 0 Å². The molecule has 0 bridgehead atoms. The Morgan fingerprint density at radius 2 is 1.57 bits per heavy atom. The van der Waals surface area contributed by atoms with E-state index in [1.54, 1.807) is 0 Å². The number of para-hydroxylation sites is 1. The summed E-state index contributed by atoms with van der Waals surface area (Å²) in [6, 6.07) is 19.0. The third-order valence-corrected chi connectivity index (χ3v) is 3.82. The van der Waals surface area contributed by atoms with Crippen molar-refractivity contribution in [3.8, 4) is 0 Å². The molecule has 1 heterocycles. The summed E-state index contributed by atoms with van der Waals surface area (Å²) in [5, 5.41) is 4.79. The van der Waals surface area contributed by atoms with Gasteiger partial charge >= 0.3 is 0 Å². The van der Waals surface area contributed by atoms with E-state index in [0.717, 1.165) is 24.3 Å². The topological polar surface area (TPSA) is 24.9 Å². The Morgan fingerprint density at radius 3 is 2.43 bits per heavy atom. The Hall–Kier alpha value is -2.19. The molecule has 106 valence electrons. The predicted molar refractivity (Wildman–Crippen MR) is 88.2 cm³/mol. The number of aryl methyl sites for hydroxylation is 2. The number of nitrogens with one attached hydrogen (secondary N) is 1. The fourth-order valence-electron chi connectivity index (χ4n) is 2.68. The van der Waals surface area contributed by atoms with Crippen LogP contribution in [0.15, 0.2) is 54.6 Å².